The zero-order valence-corrected chi connectivity index (χ0v) is 12.8. The monoisotopic (exact) mass is 317 g/mol. The van der Waals surface area contributed by atoms with Gasteiger partial charge in [-0.25, -0.2) is 0 Å². The first-order valence-corrected chi connectivity index (χ1v) is 7.92. The highest BCUT2D eigenvalue weighted by Gasteiger charge is 2.30. The van der Waals surface area contributed by atoms with E-state index in [1.54, 1.807) is 0 Å². The van der Waals surface area contributed by atoms with E-state index in [2.05, 4.69) is 47.2 Å². The van der Waals surface area contributed by atoms with Crippen LogP contribution in [-0.4, -0.2) is 19.3 Å². The van der Waals surface area contributed by atoms with Crippen molar-refractivity contribution in [1.29, 1.82) is 0 Å². The van der Waals surface area contributed by atoms with Crippen LogP contribution in [0.1, 0.15) is 37.6 Å². The summed E-state index contributed by atoms with van der Waals surface area (Å²) in [5, 5.41) is 3.67. The number of halogens is 1. The predicted molar refractivity (Wildman–Crippen MR) is 76.6 cm³/mol. The Kier molecular flexibility index (Phi) is 5.03. The molecule has 2 rings (SSSR count). The lowest BCUT2D eigenvalue weighted by atomic mass is 9.95. The molecule has 2 heterocycles. The lowest BCUT2D eigenvalue weighted by Gasteiger charge is -2.22. The molecule has 0 aromatic carbocycles. The molecule has 1 N–H and O–H groups in total. The molecule has 1 fully saturated rings. The Morgan fingerprint density at radius 2 is 2.41 bits per heavy atom. The summed E-state index contributed by atoms with van der Waals surface area (Å²) >= 11 is 5.38. The molecule has 1 aromatic heterocycles. The van der Waals surface area contributed by atoms with E-state index >= 15 is 0 Å². The van der Waals surface area contributed by atoms with Crippen LogP contribution in [0.2, 0.25) is 0 Å². The average molecular weight is 318 g/mol. The van der Waals surface area contributed by atoms with Crippen molar-refractivity contribution >= 4 is 27.3 Å². The first-order chi connectivity index (χ1) is 8.20. The van der Waals surface area contributed by atoms with Gasteiger partial charge in [-0.05, 0) is 54.4 Å². The SMILES string of the molecule is CCCNC(c1ccc(Br)s1)C1COC(C)C1. The molecule has 1 saturated heterocycles. The van der Waals surface area contributed by atoms with Crippen LogP contribution in [0.15, 0.2) is 15.9 Å². The standard InChI is InChI=1S/C13H20BrNOS/c1-3-6-15-13(10-7-9(2)16-8-10)11-4-5-12(14)17-11/h4-5,9-10,13,15H,3,6-8H2,1-2H3. The molecule has 0 spiro atoms. The van der Waals surface area contributed by atoms with Gasteiger partial charge in [-0.1, -0.05) is 6.92 Å². The van der Waals surface area contributed by atoms with Gasteiger partial charge in [0.25, 0.3) is 0 Å². The summed E-state index contributed by atoms with van der Waals surface area (Å²) in [5.41, 5.74) is 0. The summed E-state index contributed by atoms with van der Waals surface area (Å²) in [6.07, 6.45) is 2.75. The smallest absolute Gasteiger partial charge is 0.0701 e. The van der Waals surface area contributed by atoms with E-state index in [1.807, 2.05) is 11.3 Å². The molecule has 4 heteroatoms. The highest BCUT2D eigenvalue weighted by atomic mass is 79.9. The molecule has 0 bridgehead atoms. The van der Waals surface area contributed by atoms with Gasteiger partial charge in [0.2, 0.25) is 0 Å². The molecule has 0 radical (unpaired) electrons. The van der Waals surface area contributed by atoms with Crippen LogP contribution in [-0.2, 0) is 4.74 Å². The normalized spacial score (nSPS) is 26.3. The fraction of sp³-hybridized carbons (Fsp3) is 0.692. The van der Waals surface area contributed by atoms with Crippen LogP contribution in [0.5, 0.6) is 0 Å². The van der Waals surface area contributed by atoms with Crippen LogP contribution in [0, 0.1) is 5.92 Å². The van der Waals surface area contributed by atoms with Crippen molar-refractivity contribution in [1.82, 2.24) is 5.32 Å². The second kappa shape index (κ2) is 6.32. The number of rotatable bonds is 5. The highest BCUT2D eigenvalue weighted by molar-refractivity contribution is 9.11. The fourth-order valence-corrected chi connectivity index (χ4v) is 3.97. The van der Waals surface area contributed by atoms with Gasteiger partial charge >= 0.3 is 0 Å². The Hall–Kier alpha value is 0.1000. The minimum absolute atomic E-state index is 0.411. The quantitative estimate of drug-likeness (QED) is 0.887. The molecule has 3 atom stereocenters. The molecule has 17 heavy (non-hydrogen) atoms. The van der Waals surface area contributed by atoms with Crippen molar-refractivity contribution in [3.63, 3.8) is 0 Å². The Labute approximate surface area is 116 Å². The molecule has 3 unspecified atom stereocenters. The van der Waals surface area contributed by atoms with Crippen molar-refractivity contribution < 1.29 is 4.74 Å². The summed E-state index contributed by atoms with van der Waals surface area (Å²) < 4.78 is 6.92. The van der Waals surface area contributed by atoms with E-state index in [9.17, 15) is 0 Å². The molecule has 1 aliphatic rings. The summed E-state index contributed by atoms with van der Waals surface area (Å²) in [5.74, 6) is 0.613. The molecule has 0 amide bonds. The zero-order chi connectivity index (χ0) is 12.3. The van der Waals surface area contributed by atoms with E-state index in [0.29, 0.717) is 18.1 Å². The Morgan fingerprint density at radius 3 is 2.94 bits per heavy atom. The zero-order valence-electron chi connectivity index (χ0n) is 10.4. The van der Waals surface area contributed by atoms with Crippen LogP contribution < -0.4 is 5.32 Å². The van der Waals surface area contributed by atoms with E-state index in [4.69, 9.17) is 4.74 Å². The second-order valence-electron chi connectivity index (χ2n) is 4.71. The number of thiophene rings is 1. The third-order valence-corrected chi connectivity index (χ3v) is 4.92. The molecule has 1 aromatic rings. The van der Waals surface area contributed by atoms with Crippen molar-refractivity contribution in [2.24, 2.45) is 5.92 Å². The van der Waals surface area contributed by atoms with Crippen LogP contribution in [0.25, 0.3) is 0 Å². The molecule has 1 aliphatic heterocycles. The predicted octanol–water partition coefficient (Wildman–Crippen LogP) is 3.98. The molecule has 2 nitrogen and oxygen atoms in total. The van der Waals surface area contributed by atoms with Gasteiger partial charge in [0, 0.05) is 16.8 Å². The Morgan fingerprint density at radius 1 is 1.59 bits per heavy atom. The molecule has 96 valence electrons. The molecule has 0 aliphatic carbocycles. The Bertz CT molecular complexity index is 355. The molecular weight excluding hydrogens is 298 g/mol. The maximum Gasteiger partial charge on any atom is 0.0701 e. The van der Waals surface area contributed by atoms with Gasteiger partial charge in [0.05, 0.1) is 16.5 Å². The second-order valence-corrected chi connectivity index (χ2v) is 7.21. The van der Waals surface area contributed by atoms with Gasteiger partial charge < -0.3 is 10.1 Å². The van der Waals surface area contributed by atoms with E-state index < -0.39 is 0 Å². The maximum atomic E-state index is 5.71. The van der Waals surface area contributed by atoms with Gasteiger partial charge in [0.15, 0.2) is 0 Å². The minimum Gasteiger partial charge on any atom is -0.378 e. The van der Waals surface area contributed by atoms with E-state index in [1.165, 1.54) is 15.1 Å². The van der Waals surface area contributed by atoms with Crippen molar-refractivity contribution in [3.8, 4) is 0 Å². The summed E-state index contributed by atoms with van der Waals surface area (Å²) in [4.78, 5) is 1.42. The van der Waals surface area contributed by atoms with E-state index in [-0.39, 0.29) is 0 Å². The van der Waals surface area contributed by atoms with Gasteiger partial charge in [-0.3, -0.25) is 0 Å². The number of hydrogen-bond donors (Lipinski definition) is 1. The summed E-state index contributed by atoms with van der Waals surface area (Å²) in [6.45, 7) is 6.34. The molecular formula is C13H20BrNOS. The lowest BCUT2D eigenvalue weighted by Crippen LogP contribution is -2.28. The third-order valence-electron chi connectivity index (χ3n) is 3.22. The highest BCUT2D eigenvalue weighted by Crippen LogP contribution is 2.36. The van der Waals surface area contributed by atoms with Gasteiger partial charge in [-0.15, -0.1) is 11.3 Å². The average Bonchev–Trinajstić information content (AvgIpc) is 2.89. The Balaban J connectivity index is 2.07. The largest absolute Gasteiger partial charge is 0.378 e. The summed E-state index contributed by atoms with van der Waals surface area (Å²) in [7, 11) is 0. The number of ether oxygens (including phenoxy) is 1. The van der Waals surface area contributed by atoms with Gasteiger partial charge in [0.1, 0.15) is 0 Å². The van der Waals surface area contributed by atoms with Gasteiger partial charge in [-0.2, -0.15) is 0 Å². The first kappa shape index (κ1) is 13.5. The van der Waals surface area contributed by atoms with Crippen LogP contribution in [0.3, 0.4) is 0 Å². The summed E-state index contributed by atoms with van der Waals surface area (Å²) in [6, 6.07) is 4.82. The maximum absolute atomic E-state index is 5.71. The topological polar surface area (TPSA) is 21.3 Å². The fourth-order valence-electron chi connectivity index (χ4n) is 2.38. The minimum atomic E-state index is 0.411. The third kappa shape index (κ3) is 3.53. The van der Waals surface area contributed by atoms with Crippen molar-refractivity contribution in [2.75, 3.05) is 13.2 Å². The van der Waals surface area contributed by atoms with Crippen molar-refractivity contribution in [2.45, 2.75) is 38.8 Å². The van der Waals surface area contributed by atoms with Crippen molar-refractivity contribution in [3.05, 3.63) is 20.8 Å². The lowest BCUT2D eigenvalue weighted by molar-refractivity contribution is 0.117. The van der Waals surface area contributed by atoms with Crippen LogP contribution in [0.4, 0.5) is 0 Å². The number of hydrogen-bond acceptors (Lipinski definition) is 3. The van der Waals surface area contributed by atoms with E-state index in [0.717, 1.165) is 19.6 Å². The molecule has 0 saturated carbocycles. The first-order valence-electron chi connectivity index (χ1n) is 6.31. The van der Waals surface area contributed by atoms with Crippen LogP contribution >= 0.6 is 27.3 Å². The number of nitrogens with one attached hydrogen (secondary N) is 1.